The lowest BCUT2D eigenvalue weighted by Crippen LogP contribution is -2.59. The van der Waals surface area contributed by atoms with Gasteiger partial charge in [0, 0.05) is 0 Å². The van der Waals surface area contributed by atoms with Gasteiger partial charge in [0.2, 0.25) is 0 Å². The molecule has 0 heteroatoms. The Kier molecular flexibility index (Phi) is 4.89. The standard InChI is InChI=1S/C23H34.C2H6/c1-16-12-14-23(5)19(21(16,2)3)13-15-22(4)18-9-7-6-8-17(18)10-11-20(22)23;1-2/h6-9,16,19-20H,10-15H2,1-5H3;1-2H3. The van der Waals surface area contributed by atoms with E-state index in [9.17, 15) is 0 Å². The molecule has 0 aliphatic heterocycles. The van der Waals surface area contributed by atoms with Crippen LogP contribution in [0.3, 0.4) is 0 Å². The third kappa shape index (κ3) is 2.62. The molecular formula is C25H40. The van der Waals surface area contributed by atoms with Crippen LogP contribution in [0.2, 0.25) is 0 Å². The second-order valence-corrected chi connectivity index (χ2v) is 10.0. The molecule has 2 fully saturated rings. The fraction of sp³-hybridized carbons (Fsp3) is 0.760. The average Bonchev–Trinajstić information content (AvgIpc) is 2.60. The Morgan fingerprint density at radius 1 is 0.840 bits per heavy atom. The van der Waals surface area contributed by atoms with Crippen molar-refractivity contribution < 1.29 is 0 Å². The lowest BCUT2D eigenvalue weighted by molar-refractivity contribution is -0.131. The van der Waals surface area contributed by atoms with E-state index in [4.69, 9.17) is 0 Å². The molecule has 3 aliphatic carbocycles. The number of benzene rings is 1. The lowest BCUT2D eigenvalue weighted by atomic mass is 9.39. The van der Waals surface area contributed by atoms with Crippen LogP contribution in [-0.2, 0) is 11.8 Å². The minimum absolute atomic E-state index is 0.413. The molecular weight excluding hydrogens is 300 g/mol. The molecule has 0 heterocycles. The first-order valence-corrected chi connectivity index (χ1v) is 10.9. The van der Waals surface area contributed by atoms with E-state index in [1.165, 1.54) is 38.5 Å². The number of fused-ring (bicyclic) bond motifs is 5. The van der Waals surface area contributed by atoms with Gasteiger partial charge in [-0.3, -0.25) is 0 Å². The van der Waals surface area contributed by atoms with Crippen LogP contribution < -0.4 is 0 Å². The van der Waals surface area contributed by atoms with Crippen molar-refractivity contribution in [2.45, 2.75) is 92.4 Å². The second kappa shape index (κ2) is 6.43. The van der Waals surface area contributed by atoms with Crippen LogP contribution in [0.15, 0.2) is 24.3 Å². The van der Waals surface area contributed by atoms with Crippen molar-refractivity contribution in [1.82, 2.24) is 0 Å². The molecule has 0 bridgehead atoms. The van der Waals surface area contributed by atoms with Gasteiger partial charge in [0.25, 0.3) is 0 Å². The summed E-state index contributed by atoms with van der Waals surface area (Å²) >= 11 is 0. The van der Waals surface area contributed by atoms with Gasteiger partial charge in [0.05, 0.1) is 0 Å². The Labute approximate surface area is 156 Å². The van der Waals surface area contributed by atoms with E-state index in [-0.39, 0.29) is 0 Å². The van der Waals surface area contributed by atoms with Gasteiger partial charge in [-0.25, -0.2) is 0 Å². The third-order valence-electron chi connectivity index (χ3n) is 8.93. The van der Waals surface area contributed by atoms with Crippen molar-refractivity contribution in [3.8, 4) is 0 Å². The summed E-state index contributed by atoms with van der Waals surface area (Å²) in [5.41, 5.74) is 4.78. The van der Waals surface area contributed by atoms with Gasteiger partial charge in [-0.05, 0) is 83.7 Å². The summed E-state index contributed by atoms with van der Waals surface area (Å²) in [6, 6.07) is 9.34. The molecule has 5 unspecified atom stereocenters. The minimum Gasteiger partial charge on any atom is -0.0683 e. The van der Waals surface area contributed by atoms with Crippen LogP contribution in [0.1, 0.15) is 91.7 Å². The summed E-state index contributed by atoms with van der Waals surface area (Å²) in [4.78, 5) is 0. The highest BCUT2D eigenvalue weighted by molar-refractivity contribution is 5.39. The molecule has 140 valence electrons. The number of aryl methyl sites for hydroxylation is 1. The van der Waals surface area contributed by atoms with Gasteiger partial charge < -0.3 is 0 Å². The van der Waals surface area contributed by atoms with Gasteiger partial charge in [0.1, 0.15) is 0 Å². The predicted molar refractivity (Wildman–Crippen MR) is 110 cm³/mol. The SMILES string of the molecule is CC.CC1CCC2(C)C3CCc4ccccc4C3(C)CCC2C1(C)C. The van der Waals surface area contributed by atoms with Crippen LogP contribution in [-0.4, -0.2) is 0 Å². The summed E-state index contributed by atoms with van der Waals surface area (Å²) in [6.07, 6.45) is 8.40. The van der Waals surface area contributed by atoms with Crippen molar-refractivity contribution in [3.63, 3.8) is 0 Å². The molecule has 0 spiro atoms. The van der Waals surface area contributed by atoms with Crippen LogP contribution in [0.25, 0.3) is 0 Å². The van der Waals surface area contributed by atoms with Gasteiger partial charge in [-0.2, -0.15) is 0 Å². The zero-order chi connectivity index (χ0) is 18.5. The highest BCUT2D eigenvalue weighted by Gasteiger charge is 2.60. The van der Waals surface area contributed by atoms with Gasteiger partial charge in [-0.15, -0.1) is 0 Å². The molecule has 0 saturated heterocycles. The molecule has 1 aromatic carbocycles. The quantitative estimate of drug-likeness (QED) is 0.461. The van der Waals surface area contributed by atoms with E-state index < -0.39 is 0 Å². The van der Waals surface area contributed by atoms with Crippen molar-refractivity contribution >= 4 is 0 Å². The molecule has 2 saturated carbocycles. The molecule has 3 aliphatic rings. The average molecular weight is 341 g/mol. The van der Waals surface area contributed by atoms with E-state index in [0.29, 0.717) is 16.2 Å². The van der Waals surface area contributed by atoms with Crippen molar-refractivity contribution in [2.75, 3.05) is 0 Å². The first-order valence-electron chi connectivity index (χ1n) is 10.9. The molecule has 4 rings (SSSR count). The Balaban J connectivity index is 0.000000880. The normalized spacial score (nSPS) is 41.5. The van der Waals surface area contributed by atoms with Crippen LogP contribution in [0.4, 0.5) is 0 Å². The Morgan fingerprint density at radius 2 is 1.52 bits per heavy atom. The van der Waals surface area contributed by atoms with Crippen molar-refractivity contribution in [2.24, 2.45) is 28.6 Å². The summed E-state index contributed by atoms with van der Waals surface area (Å²) in [5.74, 6) is 2.65. The van der Waals surface area contributed by atoms with Crippen LogP contribution in [0, 0.1) is 28.6 Å². The van der Waals surface area contributed by atoms with E-state index >= 15 is 0 Å². The van der Waals surface area contributed by atoms with Gasteiger partial charge >= 0.3 is 0 Å². The summed E-state index contributed by atoms with van der Waals surface area (Å²) in [5, 5.41) is 0. The Morgan fingerprint density at radius 3 is 2.24 bits per heavy atom. The summed E-state index contributed by atoms with van der Waals surface area (Å²) in [7, 11) is 0. The number of hydrogen-bond donors (Lipinski definition) is 0. The molecule has 0 radical (unpaired) electrons. The molecule has 0 nitrogen and oxygen atoms in total. The van der Waals surface area contributed by atoms with Gasteiger partial charge in [0.15, 0.2) is 0 Å². The third-order valence-corrected chi connectivity index (χ3v) is 8.93. The summed E-state index contributed by atoms with van der Waals surface area (Å²) in [6.45, 7) is 16.9. The Hall–Kier alpha value is -0.780. The molecule has 0 amide bonds. The van der Waals surface area contributed by atoms with E-state index in [0.717, 1.165) is 17.8 Å². The molecule has 25 heavy (non-hydrogen) atoms. The van der Waals surface area contributed by atoms with Crippen LogP contribution in [0.5, 0.6) is 0 Å². The Bertz CT molecular complexity index is 612. The number of hydrogen-bond acceptors (Lipinski definition) is 0. The zero-order valence-electron chi connectivity index (χ0n) is 17.8. The maximum absolute atomic E-state index is 2.67. The monoisotopic (exact) mass is 340 g/mol. The first kappa shape index (κ1) is 19.0. The van der Waals surface area contributed by atoms with Gasteiger partial charge in [-0.1, -0.05) is 72.7 Å². The van der Waals surface area contributed by atoms with E-state index in [1.54, 1.807) is 11.1 Å². The number of rotatable bonds is 0. The zero-order valence-corrected chi connectivity index (χ0v) is 17.8. The fourth-order valence-electron chi connectivity index (χ4n) is 7.30. The summed E-state index contributed by atoms with van der Waals surface area (Å²) < 4.78 is 0. The highest BCUT2D eigenvalue weighted by Crippen LogP contribution is 2.67. The largest absolute Gasteiger partial charge is 0.0683 e. The smallest absolute Gasteiger partial charge is 0.00388 e. The second-order valence-electron chi connectivity index (χ2n) is 10.0. The predicted octanol–water partition coefficient (Wildman–Crippen LogP) is 7.41. The minimum atomic E-state index is 0.413. The maximum Gasteiger partial charge on any atom is -0.00388 e. The van der Waals surface area contributed by atoms with E-state index in [1.807, 2.05) is 13.8 Å². The topological polar surface area (TPSA) is 0 Å². The highest BCUT2D eigenvalue weighted by atomic mass is 14.6. The lowest BCUT2D eigenvalue weighted by Gasteiger charge is -2.65. The van der Waals surface area contributed by atoms with E-state index in [2.05, 4.69) is 58.9 Å². The molecule has 0 N–H and O–H groups in total. The molecule has 0 aromatic heterocycles. The fourth-order valence-corrected chi connectivity index (χ4v) is 7.30. The van der Waals surface area contributed by atoms with Crippen LogP contribution >= 0.6 is 0 Å². The maximum atomic E-state index is 2.67. The molecule has 1 aromatic rings. The van der Waals surface area contributed by atoms with Crippen molar-refractivity contribution in [1.29, 1.82) is 0 Å². The van der Waals surface area contributed by atoms with Crippen molar-refractivity contribution in [3.05, 3.63) is 35.4 Å². The molecule has 5 atom stereocenters. The first-order chi connectivity index (χ1) is 11.8.